The molecule has 11 heteroatoms. The molecule has 0 aliphatic heterocycles. The summed E-state index contributed by atoms with van der Waals surface area (Å²) in [7, 11) is 0. The molecule has 3 aromatic rings. The van der Waals surface area contributed by atoms with Crippen LogP contribution in [0.5, 0.6) is 5.75 Å². The van der Waals surface area contributed by atoms with Crippen molar-refractivity contribution in [3.05, 3.63) is 64.2 Å². The number of benzene rings is 2. The van der Waals surface area contributed by atoms with Gasteiger partial charge in [0.15, 0.2) is 6.61 Å². The molecular formula is C19H15Cl2FN4O4. The van der Waals surface area contributed by atoms with Crippen LogP contribution in [0.2, 0.25) is 10.0 Å². The Morgan fingerprint density at radius 2 is 1.80 bits per heavy atom. The van der Waals surface area contributed by atoms with Gasteiger partial charge in [-0.1, -0.05) is 28.4 Å². The molecule has 0 bridgehead atoms. The van der Waals surface area contributed by atoms with E-state index in [0.717, 1.165) is 0 Å². The second kappa shape index (κ2) is 10.0. The predicted molar refractivity (Wildman–Crippen MR) is 107 cm³/mol. The summed E-state index contributed by atoms with van der Waals surface area (Å²) < 4.78 is 23.2. The standard InChI is InChI=1S/C19H15Cl2FN4O4/c20-12-3-6-15(14(21)9-12)29-10-16(27)23-7-8-24-18(28)19-25-17(26-30-19)11-1-4-13(22)5-2-11/h1-6,9H,7-8,10H2,(H,23,27)(H,24,28). The first-order valence-electron chi connectivity index (χ1n) is 8.65. The molecule has 3 rings (SSSR count). The number of halogens is 3. The van der Waals surface area contributed by atoms with E-state index in [1.165, 1.54) is 30.3 Å². The Hall–Kier alpha value is -3.17. The molecular weight excluding hydrogens is 438 g/mol. The fraction of sp³-hybridized carbons (Fsp3) is 0.158. The highest BCUT2D eigenvalue weighted by Crippen LogP contribution is 2.27. The number of ether oxygens (including phenoxy) is 1. The Morgan fingerprint density at radius 3 is 2.53 bits per heavy atom. The van der Waals surface area contributed by atoms with E-state index in [9.17, 15) is 14.0 Å². The Labute approximate surface area is 180 Å². The van der Waals surface area contributed by atoms with Gasteiger partial charge in [-0.3, -0.25) is 9.59 Å². The first-order chi connectivity index (χ1) is 14.4. The lowest BCUT2D eigenvalue weighted by Crippen LogP contribution is -2.36. The average Bonchev–Trinajstić information content (AvgIpc) is 3.21. The van der Waals surface area contributed by atoms with Crippen LogP contribution >= 0.6 is 23.2 Å². The van der Waals surface area contributed by atoms with Crippen molar-refractivity contribution in [2.45, 2.75) is 0 Å². The summed E-state index contributed by atoms with van der Waals surface area (Å²) >= 11 is 11.7. The highest BCUT2D eigenvalue weighted by Gasteiger charge is 2.16. The van der Waals surface area contributed by atoms with Crippen molar-refractivity contribution >= 4 is 35.0 Å². The first kappa shape index (κ1) is 21.5. The van der Waals surface area contributed by atoms with Crippen molar-refractivity contribution in [1.82, 2.24) is 20.8 Å². The molecule has 0 aliphatic carbocycles. The van der Waals surface area contributed by atoms with Gasteiger partial charge in [0.1, 0.15) is 11.6 Å². The first-order valence-corrected chi connectivity index (χ1v) is 9.40. The zero-order valence-electron chi connectivity index (χ0n) is 15.3. The van der Waals surface area contributed by atoms with E-state index in [-0.39, 0.29) is 31.4 Å². The van der Waals surface area contributed by atoms with Crippen molar-refractivity contribution in [1.29, 1.82) is 0 Å². The molecule has 8 nitrogen and oxygen atoms in total. The summed E-state index contributed by atoms with van der Waals surface area (Å²) in [6, 6.07) is 10.1. The lowest BCUT2D eigenvalue weighted by Gasteiger charge is -2.09. The SMILES string of the molecule is O=C(COc1ccc(Cl)cc1Cl)NCCNC(=O)c1nc(-c2ccc(F)cc2)no1. The number of rotatable bonds is 8. The summed E-state index contributed by atoms with van der Waals surface area (Å²) in [5.74, 6) is -1.16. The smallest absolute Gasteiger partial charge is 0.316 e. The van der Waals surface area contributed by atoms with Crippen LogP contribution in [0.15, 0.2) is 47.0 Å². The van der Waals surface area contributed by atoms with Gasteiger partial charge < -0.3 is 19.9 Å². The predicted octanol–water partition coefficient (Wildman–Crippen LogP) is 3.11. The van der Waals surface area contributed by atoms with Crippen LogP contribution in [0.4, 0.5) is 4.39 Å². The second-order valence-electron chi connectivity index (χ2n) is 5.90. The Bertz CT molecular complexity index is 1040. The molecule has 0 unspecified atom stereocenters. The molecule has 0 fully saturated rings. The van der Waals surface area contributed by atoms with Gasteiger partial charge in [-0.2, -0.15) is 4.98 Å². The fourth-order valence-electron chi connectivity index (χ4n) is 2.27. The van der Waals surface area contributed by atoms with Gasteiger partial charge in [0, 0.05) is 23.7 Å². The number of carbonyl (C=O) groups is 2. The van der Waals surface area contributed by atoms with Crippen LogP contribution in [-0.4, -0.2) is 41.7 Å². The fourth-order valence-corrected chi connectivity index (χ4v) is 2.74. The normalized spacial score (nSPS) is 10.5. The van der Waals surface area contributed by atoms with E-state index in [2.05, 4.69) is 20.8 Å². The number of aromatic nitrogens is 2. The molecule has 0 saturated heterocycles. The lowest BCUT2D eigenvalue weighted by atomic mass is 10.2. The summed E-state index contributed by atoms with van der Waals surface area (Å²) in [5, 5.41) is 9.54. The monoisotopic (exact) mass is 452 g/mol. The topological polar surface area (TPSA) is 106 Å². The number of nitrogens with zero attached hydrogens (tertiary/aromatic N) is 2. The number of nitrogens with one attached hydrogen (secondary N) is 2. The largest absolute Gasteiger partial charge is 0.482 e. The van der Waals surface area contributed by atoms with Gasteiger partial charge in [0.2, 0.25) is 5.82 Å². The molecule has 0 spiro atoms. The highest BCUT2D eigenvalue weighted by molar-refractivity contribution is 6.35. The molecule has 1 aromatic heterocycles. The van der Waals surface area contributed by atoms with Gasteiger partial charge in [-0.15, -0.1) is 0 Å². The van der Waals surface area contributed by atoms with Crippen LogP contribution < -0.4 is 15.4 Å². The van der Waals surface area contributed by atoms with Gasteiger partial charge in [-0.05, 0) is 42.5 Å². The molecule has 0 aliphatic rings. The van der Waals surface area contributed by atoms with Gasteiger partial charge in [0.05, 0.1) is 5.02 Å². The third-order valence-electron chi connectivity index (χ3n) is 3.71. The van der Waals surface area contributed by atoms with E-state index >= 15 is 0 Å². The minimum absolute atomic E-state index is 0.126. The maximum atomic E-state index is 13.0. The molecule has 2 amide bonds. The Kier molecular flexibility index (Phi) is 7.21. The van der Waals surface area contributed by atoms with E-state index in [1.807, 2.05) is 0 Å². The van der Waals surface area contributed by atoms with Crippen molar-refractivity contribution < 1.29 is 23.2 Å². The van der Waals surface area contributed by atoms with E-state index in [4.69, 9.17) is 32.5 Å². The van der Waals surface area contributed by atoms with Crippen LogP contribution in [-0.2, 0) is 4.79 Å². The van der Waals surface area contributed by atoms with Crippen molar-refractivity contribution in [2.75, 3.05) is 19.7 Å². The molecule has 1 heterocycles. The molecule has 2 N–H and O–H groups in total. The maximum Gasteiger partial charge on any atom is 0.316 e. The van der Waals surface area contributed by atoms with E-state index < -0.39 is 17.6 Å². The van der Waals surface area contributed by atoms with Crippen LogP contribution in [0, 0.1) is 5.82 Å². The van der Waals surface area contributed by atoms with Crippen LogP contribution in [0.25, 0.3) is 11.4 Å². The molecule has 30 heavy (non-hydrogen) atoms. The molecule has 2 aromatic carbocycles. The van der Waals surface area contributed by atoms with Gasteiger partial charge >= 0.3 is 11.8 Å². The quantitative estimate of drug-likeness (QED) is 0.508. The number of hydrogen-bond acceptors (Lipinski definition) is 6. The summed E-state index contributed by atoms with van der Waals surface area (Å²) in [6.07, 6.45) is 0. The number of carbonyl (C=O) groups excluding carboxylic acids is 2. The van der Waals surface area contributed by atoms with Crippen molar-refractivity contribution in [3.63, 3.8) is 0 Å². The van der Waals surface area contributed by atoms with Crippen LogP contribution in [0.1, 0.15) is 10.7 Å². The van der Waals surface area contributed by atoms with Crippen molar-refractivity contribution in [2.24, 2.45) is 0 Å². The summed E-state index contributed by atoms with van der Waals surface area (Å²) in [4.78, 5) is 27.8. The second-order valence-corrected chi connectivity index (χ2v) is 6.74. The minimum atomic E-state index is -0.602. The van der Waals surface area contributed by atoms with Gasteiger partial charge in [-0.25, -0.2) is 4.39 Å². The molecule has 0 atom stereocenters. The lowest BCUT2D eigenvalue weighted by molar-refractivity contribution is -0.123. The maximum absolute atomic E-state index is 13.0. The third-order valence-corrected chi connectivity index (χ3v) is 4.24. The number of amides is 2. The van der Waals surface area contributed by atoms with E-state index in [0.29, 0.717) is 21.4 Å². The summed E-state index contributed by atoms with van der Waals surface area (Å²) in [6.45, 7) is 0.0295. The zero-order chi connectivity index (χ0) is 21.5. The van der Waals surface area contributed by atoms with Crippen molar-refractivity contribution in [3.8, 4) is 17.1 Å². The molecule has 0 radical (unpaired) electrons. The third kappa shape index (κ3) is 5.91. The highest BCUT2D eigenvalue weighted by atomic mass is 35.5. The number of hydrogen-bond donors (Lipinski definition) is 2. The van der Waals surface area contributed by atoms with Crippen LogP contribution in [0.3, 0.4) is 0 Å². The summed E-state index contributed by atoms with van der Waals surface area (Å²) in [5.41, 5.74) is 0.507. The Morgan fingerprint density at radius 1 is 1.07 bits per heavy atom. The average molecular weight is 453 g/mol. The minimum Gasteiger partial charge on any atom is -0.482 e. The van der Waals surface area contributed by atoms with E-state index in [1.54, 1.807) is 12.1 Å². The Balaban J connectivity index is 1.39. The molecule has 156 valence electrons. The zero-order valence-corrected chi connectivity index (χ0v) is 16.8. The molecule has 0 saturated carbocycles. The van der Waals surface area contributed by atoms with Gasteiger partial charge in [0.25, 0.3) is 5.91 Å².